The normalized spacial score (nSPS) is 10.8. The van der Waals surface area contributed by atoms with Crippen molar-refractivity contribution >= 4 is 56.0 Å². The van der Waals surface area contributed by atoms with Crippen molar-refractivity contribution in [2.45, 2.75) is 13.5 Å². The number of esters is 1. The molecule has 200 valence electrons. The number of amides is 1. The number of rotatable bonds is 8. The topological polar surface area (TPSA) is 77.5 Å². The number of carbonyl (C=O) groups excluding carboxylic acids is 2. The first-order valence-electron chi connectivity index (χ1n) is 12.5. The number of benzene rings is 4. The van der Waals surface area contributed by atoms with E-state index in [9.17, 15) is 9.59 Å². The van der Waals surface area contributed by atoms with Gasteiger partial charge in [-0.15, -0.1) is 0 Å². The molecule has 5 aromatic rings. The van der Waals surface area contributed by atoms with Gasteiger partial charge in [0.15, 0.2) is 6.61 Å². The third-order valence-corrected chi connectivity index (χ3v) is 7.41. The lowest BCUT2D eigenvalue weighted by Crippen LogP contribution is -2.21. The molecule has 0 fully saturated rings. The lowest BCUT2D eigenvalue weighted by Gasteiger charge is -2.12. The molecule has 1 heterocycles. The van der Waals surface area contributed by atoms with Crippen LogP contribution in [0.2, 0.25) is 5.02 Å². The minimum absolute atomic E-state index is 0.320. The van der Waals surface area contributed by atoms with Crippen molar-refractivity contribution in [3.05, 3.63) is 123 Å². The first-order chi connectivity index (χ1) is 19.4. The summed E-state index contributed by atoms with van der Waals surface area (Å²) < 4.78 is 12.0. The maximum absolute atomic E-state index is 13.2. The lowest BCUT2D eigenvalue weighted by molar-refractivity contribution is -0.119. The van der Waals surface area contributed by atoms with Gasteiger partial charge in [0.1, 0.15) is 12.4 Å². The van der Waals surface area contributed by atoms with Crippen LogP contribution >= 0.6 is 27.5 Å². The van der Waals surface area contributed by atoms with Gasteiger partial charge in [-0.2, -0.15) is 0 Å². The van der Waals surface area contributed by atoms with Gasteiger partial charge < -0.3 is 14.8 Å². The number of aryl methyl sites for hydroxylation is 1. The fourth-order valence-electron chi connectivity index (χ4n) is 4.13. The van der Waals surface area contributed by atoms with Crippen molar-refractivity contribution in [2.24, 2.45) is 0 Å². The van der Waals surface area contributed by atoms with E-state index in [4.69, 9.17) is 26.1 Å². The number of para-hydroxylation sites is 1. The molecule has 6 nitrogen and oxygen atoms in total. The summed E-state index contributed by atoms with van der Waals surface area (Å²) in [5.41, 5.74) is 4.81. The average Bonchev–Trinajstić information content (AvgIpc) is 2.98. The summed E-state index contributed by atoms with van der Waals surface area (Å²) in [6.45, 7) is 1.85. The van der Waals surface area contributed by atoms with Crippen molar-refractivity contribution < 1.29 is 19.1 Å². The molecule has 0 saturated carbocycles. The number of carbonyl (C=O) groups is 2. The van der Waals surface area contributed by atoms with Gasteiger partial charge in [-0.3, -0.25) is 4.79 Å². The van der Waals surface area contributed by atoms with Crippen LogP contribution in [0.15, 0.2) is 102 Å². The van der Waals surface area contributed by atoms with E-state index in [1.54, 1.807) is 24.3 Å². The van der Waals surface area contributed by atoms with Crippen molar-refractivity contribution in [1.82, 2.24) is 4.98 Å². The van der Waals surface area contributed by atoms with Crippen LogP contribution < -0.4 is 10.1 Å². The Bertz CT molecular complexity index is 1690. The molecular formula is C32H24BrClN2O4. The highest BCUT2D eigenvalue weighted by Gasteiger charge is 2.17. The first kappa shape index (κ1) is 27.4. The van der Waals surface area contributed by atoms with Crippen LogP contribution in [0.5, 0.6) is 5.75 Å². The van der Waals surface area contributed by atoms with E-state index in [2.05, 4.69) is 21.2 Å². The van der Waals surface area contributed by atoms with Crippen LogP contribution in [0, 0.1) is 6.92 Å². The molecule has 1 amide bonds. The van der Waals surface area contributed by atoms with Crippen molar-refractivity contribution in [1.29, 1.82) is 0 Å². The number of hydrogen-bond donors (Lipinski definition) is 1. The fourth-order valence-corrected chi connectivity index (χ4v) is 4.75. The number of nitrogens with zero attached hydrogens (tertiary/aromatic N) is 1. The predicted molar refractivity (Wildman–Crippen MR) is 161 cm³/mol. The number of halogens is 2. The third kappa shape index (κ3) is 6.50. The van der Waals surface area contributed by atoms with E-state index in [1.807, 2.05) is 79.7 Å². The van der Waals surface area contributed by atoms with Crippen LogP contribution in [0.3, 0.4) is 0 Å². The second-order valence-electron chi connectivity index (χ2n) is 9.08. The monoisotopic (exact) mass is 614 g/mol. The zero-order valence-corrected chi connectivity index (χ0v) is 23.8. The highest BCUT2D eigenvalue weighted by atomic mass is 79.9. The number of hydrogen-bond acceptors (Lipinski definition) is 5. The fraction of sp³-hybridized carbons (Fsp3) is 0.0938. The second-order valence-corrected chi connectivity index (χ2v) is 10.3. The van der Waals surface area contributed by atoms with Gasteiger partial charge >= 0.3 is 5.97 Å². The summed E-state index contributed by atoms with van der Waals surface area (Å²) >= 11 is 9.51. The largest absolute Gasteiger partial charge is 0.489 e. The Morgan fingerprint density at radius 3 is 2.42 bits per heavy atom. The summed E-state index contributed by atoms with van der Waals surface area (Å²) in [5.74, 6) is -0.371. The molecule has 1 N–H and O–H groups in total. The van der Waals surface area contributed by atoms with E-state index < -0.39 is 18.5 Å². The maximum Gasteiger partial charge on any atom is 0.339 e. The van der Waals surface area contributed by atoms with E-state index in [0.29, 0.717) is 39.5 Å². The number of aromatic nitrogens is 1. The van der Waals surface area contributed by atoms with E-state index in [-0.39, 0.29) is 0 Å². The van der Waals surface area contributed by atoms with Gasteiger partial charge in [-0.05, 0) is 82.5 Å². The lowest BCUT2D eigenvalue weighted by atomic mass is 10.0. The minimum Gasteiger partial charge on any atom is -0.489 e. The molecule has 0 aliphatic carbocycles. The number of pyridine rings is 1. The zero-order chi connectivity index (χ0) is 28.1. The Balaban J connectivity index is 1.31. The van der Waals surface area contributed by atoms with Gasteiger partial charge in [0.25, 0.3) is 5.91 Å². The minimum atomic E-state index is -0.622. The molecule has 0 unspecified atom stereocenters. The molecule has 0 atom stereocenters. The SMILES string of the molecule is Cc1cc(Br)c(Cl)cc1NC(=O)COC(=O)c1cc(-c2ccc(OCc3ccccc3)cc2)nc2ccccc12. The number of fused-ring (bicyclic) bond motifs is 1. The van der Waals surface area contributed by atoms with E-state index in [0.717, 1.165) is 26.9 Å². The van der Waals surface area contributed by atoms with Gasteiger partial charge in [0.05, 0.1) is 21.8 Å². The van der Waals surface area contributed by atoms with E-state index in [1.165, 1.54) is 0 Å². The Morgan fingerprint density at radius 2 is 1.65 bits per heavy atom. The molecule has 4 aromatic carbocycles. The quantitative estimate of drug-likeness (QED) is 0.179. The molecule has 0 aliphatic heterocycles. The van der Waals surface area contributed by atoms with Crippen LogP contribution in [-0.2, 0) is 16.1 Å². The molecule has 0 saturated heterocycles. The smallest absolute Gasteiger partial charge is 0.339 e. The van der Waals surface area contributed by atoms with Crippen LogP contribution in [0.4, 0.5) is 5.69 Å². The molecule has 0 aliphatic rings. The van der Waals surface area contributed by atoms with Crippen molar-refractivity contribution in [3.63, 3.8) is 0 Å². The zero-order valence-electron chi connectivity index (χ0n) is 21.5. The summed E-state index contributed by atoms with van der Waals surface area (Å²) in [4.78, 5) is 30.5. The van der Waals surface area contributed by atoms with Gasteiger partial charge in [-0.1, -0.05) is 60.1 Å². The predicted octanol–water partition coefficient (Wildman–Crippen LogP) is 8.00. The highest BCUT2D eigenvalue weighted by molar-refractivity contribution is 9.10. The summed E-state index contributed by atoms with van der Waals surface area (Å²) in [6.07, 6.45) is 0. The van der Waals surface area contributed by atoms with Gasteiger partial charge in [0.2, 0.25) is 0 Å². The van der Waals surface area contributed by atoms with Gasteiger partial charge in [0, 0.05) is 21.1 Å². The van der Waals surface area contributed by atoms with Crippen LogP contribution in [0.25, 0.3) is 22.2 Å². The molecule has 0 spiro atoms. The maximum atomic E-state index is 13.2. The van der Waals surface area contributed by atoms with Gasteiger partial charge in [-0.25, -0.2) is 9.78 Å². The molecule has 1 aromatic heterocycles. The molecular weight excluding hydrogens is 592 g/mol. The van der Waals surface area contributed by atoms with Crippen LogP contribution in [-0.4, -0.2) is 23.5 Å². The van der Waals surface area contributed by atoms with Crippen molar-refractivity contribution in [3.8, 4) is 17.0 Å². The Labute approximate surface area is 245 Å². The Morgan fingerprint density at radius 1 is 0.925 bits per heavy atom. The molecule has 8 heteroatoms. The third-order valence-electron chi connectivity index (χ3n) is 6.21. The Hall–Kier alpha value is -4.20. The second kappa shape index (κ2) is 12.3. The average molecular weight is 616 g/mol. The molecule has 0 bridgehead atoms. The first-order valence-corrected chi connectivity index (χ1v) is 13.6. The summed E-state index contributed by atoms with van der Waals surface area (Å²) in [7, 11) is 0. The number of nitrogens with one attached hydrogen (secondary N) is 1. The van der Waals surface area contributed by atoms with E-state index >= 15 is 0 Å². The highest BCUT2D eigenvalue weighted by Crippen LogP contribution is 2.29. The summed E-state index contributed by atoms with van der Waals surface area (Å²) in [6, 6.07) is 29.9. The summed E-state index contributed by atoms with van der Waals surface area (Å²) in [5, 5.41) is 3.84. The molecule has 40 heavy (non-hydrogen) atoms. The van der Waals surface area contributed by atoms with Crippen molar-refractivity contribution in [2.75, 3.05) is 11.9 Å². The van der Waals surface area contributed by atoms with Crippen LogP contribution in [0.1, 0.15) is 21.5 Å². The number of anilines is 1. The number of ether oxygens (including phenoxy) is 2. The molecule has 0 radical (unpaired) electrons. The molecule has 5 rings (SSSR count). The standard InChI is InChI=1S/C32H24BrClN2O4/c1-20-15-26(33)27(34)17-29(20)36-31(37)19-40-32(38)25-16-30(35-28-10-6-5-9-24(25)28)22-11-13-23(14-12-22)39-18-21-7-3-2-4-8-21/h2-17H,18-19H2,1H3,(H,36,37). The Kier molecular flexibility index (Phi) is 8.43.